The molecule has 1 aromatic rings. The van der Waals surface area contributed by atoms with Gasteiger partial charge in [-0.05, 0) is 25.2 Å². The van der Waals surface area contributed by atoms with Crippen LogP contribution in [0.5, 0.6) is 0 Å². The zero-order valence-electron chi connectivity index (χ0n) is 13.8. The molecule has 2 fully saturated rings. The van der Waals surface area contributed by atoms with Crippen LogP contribution in [0.25, 0.3) is 0 Å². The summed E-state index contributed by atoms with van der Waals surface area (Å²) in [6.45, 7) is 8.07. The Bertz CT molecular complexity index is 459. The smallest absolute Gasteiger partial charge is 0.0534 e. The highest BCUT2D eigenvalue weighted by atomic mass is 15.3. The van der Waals surface area contributed by atoms with Gasteiger partial charge in [0.1, 0.15) is 0 Å². The van der Waals surface area contributed by atoms with Crippen molar-refractivity contribution in [3.8, 4) is 0 Å². The van der Waals surface area contributed by atoms with Gasteiger partial charge in [0.25, 0.3) is 0 Å². The molecule has 2 aliphatic rings. The maximum atomic E-state index is 4.34. The zero-order valence-corrected chi connectivity index (χ0v) is 13.8. The van der Waals surface area contributed by atoms with Crippen molar-refractivity contribution in [3.05, 3.63) is 18.0 Å². The van der Waals surface area contributed by atoms with E-state index < -0.39 is 0 Å². The van der Waals surface area contributed by atoms with Crippen LogP contribution in [0.15, 0.2) is 12.4 Å². The molecule has 1 unspecified atom stereocenters. The standard InChI is InChI=1S/C17H30N4/c1-14(2)8-16-12-21(11-15-9-19-20(3)10-15)17(13-18-16)6-4-5-7-17/h9-10,14,16,18H,4-8,11-13H2,1-3H3. The van der Waals surface area contributed by atoms with Crippen molar-refractivity contribution in [2.24, 2.45) is 13.0 Å². The Kier molecular flexibility index (Phi) is 4.36. The number of aryl methyl sites for hydroxylation is 1. The summed E-state index contributed by atoms with van der Waals surface area (Å²) in [5, 5.41) is 8.18. The molecule has 1 atom stereocenters. The normalized spacial score (nSPS) is 26.0. The molecule has 1 saturated heterocycles. The molecule has 0 bridgehead atoms. The Balaban J connectivity index is 1.73. The summed E-state index contributed by atoms with van der Waals surface area (Å²) >= 11 is 0. The Morgan fingerprint density at radius 2 is 2.14 bits per heavy atom. The number of hydrogen-bond donors (Lipinski definition) is 1. The first-order chi connectivity index (χ1) is 10.1. The van der Waals surface area contributed by atoms with Gasteiger partial charge in [0, 0.05) is 50.0 Å². The van der Waals surface area contributed by atoms with E-state index in [0.29, 0.717) is 11.6 Å². The average molecular weight is 290 g/mol. The molecule has 21 heavy (non-hydrogen) atoms. The van der Waals surface area contributed by atoms with E-state index in [4.69, 9.17) is 0 Å². The van der Waals surface area contributed by atoms with Gasteiger partial charge in [0.15, 0.2) is 0 Å². The molecule has 1 aromatic heterocycles. The van der Waals surface area contributed by atoms with Gasteiger partial charge < -0.3 is 5.32 Å². The fourth-order valence-electron chi connectivity index (χ4n) is 4.23. The Labute approximate surface area is 128 Å². The van der Waals surface area contributed by atoms with Crippen LogP contribution in [0.4, 0.5) is 0 Å². The number of nitrogens with one attached hydrogen (secondary N) is 1. The minimum atomic E-state index is 0.406. The molecule has 0 amide bonds. The number of rotatable bonds is 4. The van der Waals surface area contributed by atoms with Crippen LogP contribution in [0, 0.1) is 5.92 Å². The third-order valence-electron chi connectivity index (χ3n) is 5.25. The van der Waals surface area contributed by atoms with Gasteiger partial charge in [-0.1, -0.05) is 26.7 Å². The molecule has 3 rings (SSSR count). The van der Waals surface area contributed by atoms with E-state index in [9.17, 15) is 0 Å². The number of piperazine rings is 1. The predicted octanol–water partition coefficient (Wildman–Crippen LogP) is 2.55. The van der Waals surface area contributed by atoms with E-state index in [0.717, 1.165) is 12.5 Å². The topological polar surface area (TPSA) is 33.1 Å². The lowest BCUT2D eigenvalue weighted by molar-refractivity contribution is 0.0314. The molecule has 1 N–H and O–H groups in total. The van der Waals surface area contributed by atoms with Gasteiger partial charge in [-0.2, -0.15) is 5.10 Å². The monoisotopic (exact) mass is 290 g/mol. The second-order valence-electron chi connectivity index (χ2n) is 7.54. The van der Waals surface area contributed by atoms with Crippen LogP contribution in [-0.4, -0.2) is 39.4 Å². The lowest BCUT2D eigenvalue weighted by Crippen LogP contribution is -2.63. The first-order valence-corrected chi connectivity index (χ1v) is 8.53. The van der Waals surface area contributed by atoms with E-state index in [1.807, 2.05) is 17.9 Å². The molecule has 1 saturated carbocycles. The van der Waals surface area contributed by atoms with E-state index in [1.165, 1.54) is 50.8 Å². The van der Waals surface area contributed by atoms with Crippen LogP contribution in [0.1, 0.15) is 51.5 Å². The Hall–Kier alpha value is -0.870. The predicted molar refractivity (Wildman–Crippen MR) is 86.1 cm³/mol. The van der Waals surface area contributed by atoms with Gasteiger partial charge in [-0.3, -0.25) is 9.58 Å². The minimum Gasteiger partial charge on any atom is -0.311 e. The first kappa shape index (κ1) is 15.0. The van der Waals surface area contributed by atoms with Crippen LogP contribution < -0.4 is 5.32 Å². The average Bonchev–Trinajstić information content (AvgIpc) is 3.04. The minimum absolute atomic E-state index is 0.406. The third kappa shape index (κ3) is 3.32. The summed E-state index contributed by atoms with van der Waals surface area (Å²) in [7, 11) is 2.01. The van der Waals surface area contributed by atoms with Gasteiger partial charge >= 0.3 is 0 Å². The van der Waals surface area contributed by atoms with Crippen molar-refractivity contribution >= 4 is 0 Å². The fraction of sp³-hybridized carbons (Fsp3) is 0.824. The SMILES string of the molecule is CC(C)CC1CN(Cc2cnn(C)c2)C2(CCCC2)CN1. The second-order valence-corrected chi connectivity index (χ2v) is 7.54. The van der Waals surface area contributed by atoms with Crippen LogP contribution in [0.3, 0.4) is 0 Å². The van der Waals surface area contributed by atoms with Gasteiger partial charge in [0.2, 0.25) is 0 Å². The largest absolute Gasteiger partial charge is 0.311 e. The summed E-state index contributed by atoms with van der Waals surface area (Å²) in [4.78, 5) is 2.76. The lowest BCUT2D eigenvalue weighted by atomic mass is 9.88. The molecule has 118 valence electrons. The summed E-state index contributed by atoms with van der Waals surface area (Å²) in [5.74, 6) is 0.764. The number of nitrogens with zero attached hydrogens (tertiary/aromatic N) is 3. The van der Waals surface area contributed by atoms with E-state index in [2.05, 4.69) is 35.4 Å². The number of aromatic nitrogens is 2. The van der Waals surface area contributed by atoms with Crippen molar-refractivity contribution in [3.63, 3.8) is 0 Å². The first-order valence-electron chi connectivity index (χ1n) is 8.53. The quantitative estimate of drug-likeness (QED) is 0.925. The molecule has 4 nitrogen and oxygen atoms in total. The van der Waals surface area contributed by atoms with Crippen LogP contribution in [-0.2, 0) is 13.6 Å². The second kappa shape index (κ2) is 6.09. The Morgan fingerprint density at radius 1 is 1.38 bits per heavy atom. The molecule has 4 heteroatoms. The highest BCUT2D eigenvalue weighted by Crippen LogP contribution is 2.38. The summed E-state index contributed by atoms with van der Waals surface area (Å²) in [6.07, 6.45) is 11.0. The van der Waals surface area contributed by atoms with Gasteiger partial charge in [-0.15, -0.1) is 0 Å². The van der Waals surface area contributed by atoms with Gasteiger partial charge in [-0.25, -0.2) is 0 Å². The molecule has 1 aliphatic heterocycles. The van der Waals surface area contributed by atoms with Gasteiger partial charge in [0.05, 0.1) is 6.20 Å². The molecule has 1 aliphatic carbocycles. The van der Waals surface area contributed by atoms with Crippen LogP contribution in [0.2, 0.25) is 0 Å². The van der Waals surface area contributed by atoms with Crippen molar-refractivity contribution < 1.29 is 0 Å². The molecular formula is C17H30N4. The summed E-state index contributed by atoms with van der Waals surface area (Å²) < 4.78 is 1.92. The maximum absolute atomic E-state index is 4.34. The van der Waals surface area contributed by atoms with E-state index >= 15 is 0 Å². The molecule has 0 aromatic carbocycles. The highest BCUT2D eigenvalue weighted by Gasteiger charge is 2.43. The molecule has 2 heterocycles. The highest BCUT2D eigenvalue weighted by molar-refractivity contribution is 5.09. The third-order valence-corrected chi connectivity index (χ3v) is 5.25. The Morgan fingerprint density at radius 3 is 2.76 bits per heavy atom. The molecule has 1 spiro atoms. The van der Waals surface area contributed by atoms with E-state index in [-0.39, 0.29) is 0 Å². The van der Waals surface area contributed by atoms with Crippen LogP contribution >= 0.6 is 0 Å². The van der Waals surface area contributed by atoms with E-state index in [1.54, 1.807) is 0 Å². The fourth-order valence-corrected chi connectivity index (χ4v) is 4.23. The molecular weight excluding hydrogens is 260 g/mol. The maximum Gasteiger partial charge on any atom is 0.0534 e. The molecule has 0 radical (unpaired) electrons. The summed E-state index contributed by atoms with van der Waals surface area (Å²) in [6, 6.07) is 0.646. The zero-order chi connectivity index (χ0) is 14.9. The summed E-state index contributed by atoms with van der Waals surface area (Å²) in [5.41, 5.74) is 1.76. The number of hydrogen-bond acceptors (Lipinski definition) is 3. The van der Waals surface area contributed by atoms with Crippen molar-refractivity contribution in [1.29, 1.82) is 0 Å². The van der Waals surface area contributed by atoms with Crippen molar-refractivity contribution in [1.82, 2.24) is 20.0 Å². The van der Waals surface area contributed by atoms with Crippen molar-refractivity contribution in [2.75, 3.05) is 13.1 Å². The lowest BCUT2D eigenvalue weighted by Gasteiger charge is -2.48. The van der Waals surface area contributed by atoms with Crippen molar-refractivity contribution in [2.45, 2.75) is 64.1 Å².